The van der Waals surface area contributed by atoms with Crippen molar-refractivity contribution in [3.05, 3.63) is 31.9 Å². The predicted molar refractivity (Wildman–Crippen MR) is 59.3 cm³/mol. The van der Waals surface area contributed by atoms with Gasteiger partial charge in [0.2, 0.25) is 0 Å². The van der Waals surface area contributed by atoms with Gasteiger partial charge in [0.25, 0.3) is 0 Å². The van der Waals surface area contributed by atoms with Crippen molar-refractivity contribution in [2.75, 3.05) is 0 Å². The molecule has 0 heterocycles. The molecule has 0 spiro atoms. The van der Waals surface area contributed by atoms with E-state index in [1.54, 1.807) is 0 Å². The van der Waals surface area contributed by atoms with Crippen molar-refractivity contribution in [3.8, 4) is 0 Å². The highest BCUT2D eigenvalue weighted by Gasteiger charge is 2.07. The number of hydrogen-bond acceptors (Lipinski definition) is 1. The van der Waals surface area contributed by atoms with Crippen LogP contribution in [0, 0.1) is 24.3 Å². The standard InChI is InChI=1S/C10H13IO/c1-6-4-7(2)9(5-12)10(11)8(6)3/h4,12H,5H2,1-3H3. The minimum Gasteiger partial charge on any atom is -0.392 e. The molecular formula is C10H13IO. The van der Waals surface area contributed by atoms with Gasteiger partial charge in [0, 0.05) is 3.57 Å². The molecule has 0 unspecified atom stereocenters. The van der Waals surface area contributed by atoms with E-state index in [0.717, 1.165) is 5.56 Å². The molecule has 0 saturated heterocycles. The van der Waals surface area contributed by atoms with Gasteiger partial charge in [-0.15, -0.1) is 0 Å². The van der Waals surface area contributed by atoms with E-state index in [2.05, 4.69) is 42.5 Å². The van der Waals surface area contributed by atoms with Crippen molar-refractivity contribution < 1.29 is 5.11 Å². The van der Waals surface area contributed by atoms with Crippen LogP contribution < -0.4 is 0 Å². The van der Waals surface area contributed by atoms with Crippen molar-refractivity contribution in [3.63, 3.8) is 0 Å². The molecule has 0 bridgehead atoms. The Morgan fingerprint density at radius 3 is 2.33 bits per heavy atom. The third-order valence-corrected chi connectivity index (χ3v) is 3.71. The summed E-state index contributed by atoms with van der Waals surface area (Å²) in [5, 5.41) is 9.11. The van der Waals surface area contributed by atoms with Crippen molar-refractivity contribution in [2.45, 2.75) is 27.4 Å². The largest absolute Gasteiger partial charge is 0.392 e. The first-order valence-electron chi connectivity index (χ1n) is 3.94. The van der Waals surface area contributed by atoms with Gasteiger partial charge in [-0.3, -0.25) is 0 Å². The summed E-state index contributed by atoms with van der Waals surface area (Å²) in [7, 11) is 0. The lowest BCUT2D eigenvalue weighted by atomic mass is 10.0. The number of aliphatic hydroxyl groups is 1. The van der Waals surface area contributed by atoms with Crippen LogP contribution in [-0.4, -0.2) is 5.11 Å². The maximum absolute atomic E-state index is 9.11. The average molecular weight is 276 g/mol. The second-order valence-electron chi connectivity index (χ2n) is 3.09. The molecule has 0 amide bonds. The maximum Gasteiger partial charge on any atom is 0.0694 e. The molecule has 1 aromatic carbocycles. The van der Waals surface area contributed by atoms with Gasteiger partial charge in [-0.1, -0.05) is 6.07 Å². The predicted octanol–water partition coefficient (Wildman–Crippen LogP) is 2.71. The molecule has 0 saturated carbocycles. The summed E-state index contributed by atoms with van der Waals surface area (Å²) in [5.41, 5.74) is 4.84. The van der Waals surface area contributed by atoms with Crippen LogP contribution >= 0.6 is 22.6 Å². The zero-order chi connectivity index (χ0) is 9.30. The monoisotopic (exact) mass is 276 g/mol. The van der Waals surface area contributed by atoms with Crippen molar-refractivity contribution in [1.82, 2.24) is 0 Å². The van der Waals surface area contributed by atoms with Crippen LogP contribution in [0.25, 0.3) is 0 Å². The van der Waals surface area contributed by atoms with E-state index in [9.17, 15) is 0 Å². The van der Waals surface area contributed by atoms with Crippen LogP contribution in [0.4, 0.5) is 0 Å². The fourth-order valence-electron chi connectivity index (χ4n) is 1.29. The first-order chi connectivity index (χ1) is 5.57. The van der Waals surface area contributed by atoms with Crippen LogP contribution in [0.5, 0.6) is 0 Å². The summed E-state index contributed by atoms with van der Waals surface area (Å²) in [5.74, 6) is 0. The van der Waals surface area contributed by atoms with Crippen LogP contribution in [0.3, 0.4) is 0 Å². The molecule has 0 aliphatic heterocycles. The van der Waals surface area contributed by atoms with Gasteiger partial charge in [-0.25, -0.2) is 0 Å². The third kappa shape index (κ3) is 1.64. The van der Waals surface area contributed by atoms with Crippen molar-refractivity contribution >= 4 is 22.6 Å². The topological polar surface area (TPSA) is 20.2 Å². The zero-order valence-electron chi connectivity index (χ0n) is 7.61. The molecular weight excluding hydrogens is 263 g/mol. The van der Waals surface area contributed by atoms with Crippen LogP contribution in [-0.2, 0) is 6.61 Å². The quantitative estimate of drug-likeness (QED) is 0.782. The summed E-state index contributed by atoms with van der Waals surface area (Å²) in [4.78, 5) is 0. The lowest BCUT2D eigenvalue weighted by Crippen LogP contribution is -1.98. The minimum atomic E-state index is 0.144. The fraction of sp³-hybridized carbons (Fsp3) is 0.400. The highest BCUT2D eigenvalue weighted by molar-refractivity contribution is 14.1. The third-order valence-electron chi connectivity index (χ3n) is 2.25. The first-order valence-corrected chi connectivity index (χ1v) is 5.01. The van der Waals surface area contributed by atoms with Crippen LogP contribution in [0.1, 0.15) is 22.3 Å². The van der Waals surface area contributed by atoms with E-state index in [-0.39, 0.29) is 6.61 Å². The van der Waals surface area contributed by atoms with Gasteiger partial charge in [0.1, 0.15) is 0 Å². The lowest BCUT2D eigenvalue weighted by Gasteiger charge is -2.11. The molecule has 0 radical (unpaired) electrons. The van der Waals surface area contributed by atoms with E-state index >= 15 is 0 Å². The maximum atomic E-state index is 9.11. The number of halogens is 1. The summed E-state index contributed by atoms with van der Waals surface area (Å²) in [6, 6.07) is 2.13. The van der Waals surface area contributed by atoms with Gasteiger partial charge < -0.3 is 5.11 Å². The highest BCUT2D eigenvalue weighted by atomic mass is 127. The number of aliphatic hydroxyl groups excluding tert-OH is 1. The Hall–Kier alpha value is -0.0900. The molecule has 66 valence electrons. The lowest BCUT2D eigenvalue weighted by molar-refractivity contribution is 0.280. The van der Waals surface area contributed by atoms with Gasteiger partial charge in [0.15, 0.2) is 0 Å². The fourth-order valence-corrected chi connectivity index (χ4v) is 2.31. The molecule has 0 fully saturated rings. The highest BCUT2D eigenvalue weighted by Crippen LogP contribution is 2.23. The van der Waals surface area contributed by atoms with E-state index in [0.29, 0.717) is 0 Å². The number of rotatable bonds is 1. The summed E-state index contributed by atoms with van der Waals surface area (Å²) < 4.78 is 1.20. The second-order valence-corrected chi connectivity index (χ2v) is 4.16. The van der Waals surface area contributed by atoms with Gasteiger partial charge in [-0.2, -0.15) is 0 Å². The summed E-state index contributed by atoms with van der Waals surface area (Å²) in [6.45, 7) is 6.38. The Morgan fingerprint density at radius 1 is 1.25 bits per heavy atom. The molecule has 1 nitrogen and oxygen atoms in total. The molecule has 12 heavy (non-hydrogen) atoms. The Kier molecular flexibility index (Phi) is 3.12. The molecule has 0 aliphatic rings. The van der Waals surface area contributed by atoms with E-state index < -0.39 is 0 Å². The van der Waals surface area contributed by atoms with Gasteiger partial charge in [0.05, 0.1) is 6.61 Å². The Balaban J connectivity index is 3.40. The average Bonchev–Trinajstić information content (AvgIpc) is 2.01. The Bertz CT molecular complexity index is 305. The normalized spacial score (nSPS) is 10.4. The Labute approximate surface area is 86.9 Å². The molecule has 0 aromatic heterocycles. The second kappa shape index (κ2) is 3.75. The summed E-state index contributed by atoms with van der Waals surface area (Å²) >= 11 is 2.30. The van der Waals surface area contributed by atoms with Crippen molar-refractivity contribution in [2.24, 2.45) is 0 Å². The molecule has 1 N–H and O–H groups in total. The van der Waals surface area contributed by atoms with Crippen molar-refractivity contribution in [1.29, 1.82) is 0 Å². The molecule has 1 aromatic rings. The Morgan fingerprint density at radius 2 is 1.83 bits per heavy atom. The van der Waals surface area contributed by atoms with Crippen LogP contribution in [0.2, 0.25) is 0 Å². The van der Waals surface area contributed by atoms with E-state index in [4.69, 9.17) is 5.11 Å². The molecule has 1 rings (SSSR count). The molecule has 0 aliphatic carbocycles. The van der Waals surface area contributed by atoms with Crippen LogP contribution in [0.15, 0.2) is 6.07 Å². The SMILES string of the molecule is Cc1cc(C)c(CO)c(I)c1C. The molecule has 0 atom stereocenters. The number of benzene rings is 1. The number of hydrogen-bond donors (Lipinski definition) is 1. The zero-order valence-corrected chi connectivity index (χ0v) is 9.77. The molecule has 2 heteroatoms. The van der Waals surface area contributed by atoms with Gasteiger partial charge in [-0.05, 0) is 65.6 Å². The minimum absolute atomic E-state index is 0.144. The van der Waals surface area contributed by atoms with E-state index in [1.165, 1.54) is 20.3 Å². The summed E-state index contributed by atoms with van der Waals surface area (Å²) in [6.07, 6.45) is 0. The van der Waals surface area contributed by atoms with Gasteiger partial charge >= 0.3 is 0 Å². The first kappa shape index (κ1) is 9.99. The number of aryl methyl sites for hydroxylation is 2. The van der Waals surface area contributed by atoms with E-state index in [1.807, 2.05) is 6.92 Å². The smallest absolute Gasteiger partial charge is 0.0694 e.